The van der Waals surface area contributed by atoms with Crippen molar-refractivity contribution in [2.75, 3.05) is 25.9 Å². The van der Waals surface area contributed by atoms with Gasteiger partial charge in [0.25, 0.3) is 0 Å². The van der Waals surface area contributed by atoms with Crippen molar-refractivity contribution >= 4 is 15.7 Å². The molecule has 0 aromatic rings. The molecular formula is C16H30N2O3S. The molecule has 1 amide bonds. The SMILES string of the molecule is CCC1CCC(CNC(=O)C2(S(C)(=O)=O)CCNCC2)CC1. The highest BCUT2D eigenvalue weighted by atomic mass is 32.2. The van der Waals surface area contributed by atoms with Gasteiger partial charge < -0.3 is 10.6 Å². The molecule has 0 aromatic carbocycles. The molecule has 0 aromatic heterocycles. The van der Waals surface area contributed by atoms with Crippen LogP contribution in [0.25, 0.3) is 0 Å². The minimum absolute atomic E-state index is 0.283. The van der Waals surface area contributed by atoms with Crippen LogP contribution in [0.15, 0.2) is 0 Å². The summed E-state index contributed by atoms with van der Waals surface area (Å²) in [5.41, 5.74) is 0. The Hall–Kier alpha value is -0.620. The first-order chi connectivity index (χ1) is 10.4. The van der Waals surface area contributed by atoms with E-state index >= 15 is 0 Å². The van der Waals surface area contributed by atoms with Crippen LogP contribution < -0.4 is 10.6 Å². The maximum absolute atomic E-state index is 12.6. The fourth-order valence-electron chi connectivity index (χ4n) is 3.84. The molecule has 0 radical (unpaired) electrons. The number of amides is 1. The predicted octanol–water partition coefficient (Wildman–Crippen LogP) is 1.49. The number of nitrogens with one attached hydrogen (secondary N) is 2. The molecule has 1 saturated carbocycles. The van der Waals surface area contributed by atoms with Gasteiger partial charge in [0.05, 0.1) is 0 Å². The minimum Gasteiger partial charge on any atom is -0.354 e. The Morgan fingerprint density at radius 1 is 1.14 bits per heavy atom. The Kier molecular flexibility index (Phi) is 5.88. The Morgan fingerprint density at radius 3 is 2.18 bits per heavy atom. The van der Waals surface area contributed by atoms with Crippen LogP contribution in [-0.2, 0) is 14.6 Å². The third-order valence-electron chi connectivity index (χ3n) is 5.63. The van der Waals surface area contributed by atoms with E-state index in [0.29, 0.717) is 38.4 Å². The van der Waals surface area contributed by atoms with Crippen molar-refractivity contribution in [3.8, 4) is 0 Å². The lowest BCUT2D eigenvalue weighted by Crippen LogP contribution is -2.57. The fourth-order valence-corrected chi connectivity index (χ4v) is 5.19. The molecular weight excluding hydrogens is 300 g/mol. The summed E-state index contributed by atoms with van der Waals surface area (Å²) in [4.78, 5) is 12.6. The Balaban J connectivity index is 1.92. The second-order valence-corrected chi connectivity index (χ2v) is 9.35. The van der Waals surface area contributed by atoms with Crippen molar-refractivity contribution in [2.24, 2.45) is 11.8 Å². The quantitative estimate of drug-likeness (QED) is 0.801. The van der Waals surface area contributed by atoms with E-state index < -0.39 is 14.6 Å². The molecule has 2 rings (SSSR count). The molecule has 1 saturated heterocycles. The third kappa shape index (κ3) is 3.82. The first kappa shape index (κ1) is 17.7. The van der Waals surface area contributed by atoms with Gasteiger partial charge >= 0.3 is 0 Å². The van der Waals surface area contributed by atoms with E-state index in [1.54, 1.807) is 0 Å². The fraction of sp³-hybridized carbons (Fsp3) is 0.938. The number of hydrogen-bond acceptors (Lipinski definition) is 4. The minimum atomic E-state index is -3.40. The highest BCUT2D eigenvalue weighted by Crippen LogP contribution is 2.31. The normalized spacial score (nSPS) is 29.0. The summed E-state index contributed by atoms with van der Waals surface area (Å²) in [6.45, 7) is 4.03. The van der Waals surface area contributed by atoms with E-state index in [-0.39, 0.29) is 5.91 Å². The smallest absolute Gasteiger partial charge is 0.241 e. The Labute approximate surface area is 134 Å². The van der Waals surface area contributed by atoms with E-state index in [0.717, 1.165) is 18.8 Å². The summed E-state index contributed by atoms with van der Waals surface area (Å²) in [7, 11) is -3.40. The average Bonchev–Trinajstić information content (AvgIpc) is 2.52. The molecule has 6 heteroatoms. The zero-order valence-corrected chi connectivity index (χ0v) is 14.7. The molecule has 5 nitrogen and oxygen atoms in total. The molecule has 1 heterocycles. The van der Waals surface area contributed by atoms with Crippen LogP contribution in [0.5, 0.6) is 0 Å². The van der Waals surface area contributed by atoms with Gasteiger partial charge in [-0.25, -0.2) is 8.42 Å². The molecule has 0 spiro atoms. The molecule has 2 N–H and O–H groups in total. The third-order valence-corrected chi connectivity index (χ3v) is 7.64. The number of carbonyl (C=O) groups excluding carboxylic acids is 1. The van der Waals surface area contributed by atoms with Crippen LogP contribution in [-0.4, -0.2) is 45.0 Å². The summed E-state index contributed by atoms with van der Waals surface area (Å²) >= 11 is 0. The van der Waals surface area contributed by atoms with Crippen LogP contribution in [0.2, 0.25) is 0 Å². The maximum Gasteiger partial charge on any atom is 0.241 e. The van der Waals surface area contributed by atoms with Crippen LogP contribution in [0.1, 0.15) is 51.9 Å². The molecule has 0 unspecified atom stereocenters. The first-order valence-electron chi connectivity index (χ1n) is 8.57. The van der Waals surface area contributed by atoms with Crippen LogP contribution in [0, 0.1) is 11.8 Å². The lowest BCUT2D eigenvalue weighted by Gasteiger charge is -2.35. The van der Waals surface area contributed by atoms with Crippen LogP contribution in [0.3, 0.4) is 0 Å². The van der Waals surface area contributed by atoms with Crippen molar-refractivity contribution in [3.05, 3.63) is 0 Å². The molecule has 1 aliphatic heterocycles. The second-order valence-electron chi connectivity index (χ2n) is 7.02. The standard InChI is InChI=1S/C16H30N2O3S/c1-3-13-4-6-14(7-5-13)12-18-15(19)16(22(2,20)21)8-10-17-11-9-16/h13-14,17H,3-12H2,1-2H3,(H,18,19). The van der Waals surface area contributed by atoms with E-state index in [1.165, 1.54) is 25.5 Å². The number of sulfone groups is 1. The van der Waals surface area contributed by atoms with Crippen molar-refractivity contribution in [1.82, 2.24) is 10.6 Å². The summed E-state index contributed by atoms with van der Waals surface area (Å²) in [6.07, 6.45) is 7.95. The molecule has 0 bridgehead atoms. The van der Waals surface area contributed by atoms with Crippen molar-refractivity contribution in [2.45, 2.75) is 56.6 Å². The van der Waals surface area contributed by atoms with Gasteiger partial charge in [0.1, 0.15) is 0 Å². The number of rotatable bonds is 5. The number of hydrogen-bond donors (Lipinski definition) is 2. The monoisotopic (exact) mass is 330 g/mol. The molecule has 128 valence electrons. The summed E-state index contributed by atoms with van der Waals surface area (Å²) in [5.74, 6) is 1.05. The number of carbonyl (C=O) groups is 1. The lowest BCUT2D eigenvalue weighted by atomic mass is 9.81. The topological polar surface area (TPSA) is 75.3 Å². The highest BCUT2D eigenvalue weighted by Gasteiger charge is 2.48. The van der Waals surface area contributed by atoms with Crippen molar-refractivity contribution in [3.63, 3.8) is 0 Å². The van der Waals surface area contributed by atoms with Gasteiger partial charge in [-0.2, -0.15) is 0 Å². The zero-order chi connectivity index (χ0) is 16.2. The van der Waals surface area contributed by atoms with Gasteiger partial charge in [-0.1, -0.05) is 26.2 Å². The van der Waals surface area contributed by atoms with E-state index in [4.69, 9.17) is 0 Å². The van der Waals surface area contributed by atoms with E-state index in [1.807, 2.05) is 0 Å². The molecule has 2 aliphatic rings. The van der Waals surface area contributed by atoms with Gasteiger partial charge in [0.2, 0.25) is 5.91 Å². The van der Waals surface area contributed by atoms with Gasteiger partial charge in [-0.3, -0.25) is 4.79 Å². The molecule has 1 aliphatic carbocycles. The zero-order valence-electron chi connectivity index (χ0n) is 13.9. The van der Waals surface area contributed by atoms with Crippen molar-refractivity contribution < 1.29 is 13.2 Å². The molecule has 0 atom stereocenters. The van der Waals surface area contributed by atoms with Gasteiger partial charge in [0.15, 0.2) is 14.6 Å². The summed E-state index contributed by atoms with van der Waals surface area (Å²) in [6, 6.07) is 0. The lowest BCUT2D eigenvalue weighted by molar-refractivity contribution is -0.124. The van der Waals surface area contributed by atoms with Gasteiger partial charge in [-0.05, 0) is 50.6 Å². The predicted molar refractivity (Wildman–Crippen MR) is 88.4 cm³/mol. The molecule has 2 fully saturated rings. The van der Waals surface area contributed by atoms with Crippen LogP contribution >= 0.6 is 0 Å². The Bertz CT molecular complexity index is 476. The van der Waals surface area contributed by atoms with Crippen LogP contribution in [0.4, 0.5) is 0 Å². The van der Waals surface area contributed by atoms with Gasteiger partial charge in [0, 0.05) is 12.8 Å². The van der Waals surface area contributed by atoms with E-state index in [2.05, 4.69) is 17.6 Å². The largest absolute Gasteiger partial charge is 0.354 e. The average molecular weight is 330 g/mol. The van der Waals surface area contributed by atoms with E-state index in [9.17, 15) is 13.2 Å². The Morgan fingerprint density at radius 2 is 1.68 bits per heavy atom. The first-order valence-corrected chi connectivity index (χ1v) is 10.5. The van der Waals surface area contributed by atoms with Crippen molar-refractivity contribution in [1.29, 1.82) is 0 Å². The number of piperidine rings is 1. The second kappa shape index (κ2) is 7.30. The summed E-state index contributed by atoms with van der Waals surface area (Å²) in [5, 5.41) is 6.10. The summed E-state index contributed by atoms with van der Waals surface area (Å²) < 4.78 is 23.2. The van der Waals surface area contributed by atoms with Gasteiger partial charge in [-0.15, -0.1) is 0 Å². The highest BCUT2D eigenvalue weighted by molar-refractivity contribution is 7.92. The maximum atomic E-state index is 12.6. The molecule has 22 heavy (non-hydrogen) atoms.